The highest BCUT2D eigenvalue weighted by molar-refractivity contribution is 7.89. The van der Waals surface area contributed by atoms with Crippen molar-refractivity contribution in [1.29, 1.82) is 0 Å². The number of aliphatic carboxylic acids is 1. The molecule has 0 heterocycles. The van der Waals surface area contributed by atoms with Crippen LogP contribution in [0.15, 0.2) is 0 Å². The van der Waals surface area contributed by atoms with Crippen LogP contribution in [0.2, 0.25) is 0 Å². The molecule has 0 aromatic heterocycles. The smallest absolute Gasteiger partial charge is 0.315 e. The fourth-order valence-corrected chi connectivity index (χ4v) is 2.38. The maximum Gasteiger partial charge on any atom is 0.315 e. The van der Waals surface area contributed by atoms with E-state index in [1.165, 1.54) is 0 Å². The fourth-order valence-electron chi connectivity index (χ4n) is 1.84. The molecule has 21 heavy (non-hydrogen) atoms. The summed E-state index contributed by atoms with van der Waals surface area (Å²) < 4.78 is 21.4. The monoisotopic (exact) mass is 323 g/mol. The number of nitrogens with two attached hydrogens (primary N) is 1. The third kappa shape index (κ3) is 13.4. The molecule has 0 bridgehead atoms. The summed E-state index contributed by atoms with van der Waals surface area (Å²) in [5.74, 6) is -1.20. The topological polar surface area (TPSA) is 139 Å². The first-order valence-corrected chi connectivity index (χ1v) is 8.37. The van der Waals surface area contributed by atoms with E-state index in [-0.39, 0.29) is 30.6 Å². The number of amides is 2. The molecule has 0 aromatic carbocycles. The zero-order valence-electron chi connectivity index (χ0n) is 12.7. The lowest BCUT2D eigenvalue weighted by molar-refractivity contribution is -0.137. The summed E-state index contributed by atoms with van der Waals surface area (Å²) in [6, 6.07) is -0.999. The minimum Gasteiger partial charge on any atom is -0.481 e. The van der Waals surface area contributed by atoms with E-state index in [9.17, 15) is 18.0 Å². The second kappa shape index (κ2) is 8.18. The van der Waals surface area contributed by atoms with E-state index >= 15 is 0 Å². The molecular weight excluding hydrogens is 298 g/mol. The summed E-state index contributed by atoms with van der Waals surface area (Å²) in [4.78, 5) is 22.4. The molecule has 8 nitrogen and oxygen atoms in total. The van der Waals surface area contributed by atoms with Crippen molar-refractivity contribution in [3.8, 4) is 0 Å². The van der Waals surface area contributed by atoms with Crippen LogP contribution in [0.3, 0.4) is 0 Å². The number of sulfonamides is 1. The Kier molecular flexibility index (Phi) is 7.65. The first-order valence-electron chi connectivity index (χ1n) is 6.66. The van der Waals surface area contributed by atoms with Crippen molar-refractivity contribution in [1.82, 2.24) is 10.6 Å². The molecule has 124 valence electrons. The number of carbonyl (C=O) groups excluding carboxylic acids is 1. The van der Waals surface area contributed by atoms with E-state index in [4.69, 9.17) is 10.2 Å². The zero-order valence-corrected chi connectivity index (χ0v) is 13.5. The van der Waals surface area contributed by atoms with Crippen molar-refractivity contribution in [3.05, 3.63) is 0 Å². The van der Waals surface area contributed by atoms with Gasteiger partial charge < -0.3 is 15.7 Å². The fraction of sp³-hybridized carbons (Fsp3) is 0.833. The highest BCUT2D eigenvalue weighted by Gasteiger charge is 2.22. The quantitative estimate of drug-likeness (QED) is 0.474. The molecular formula is C12H25N3O5S. The molecule has 0 radical (unpaired) electrons. The maximum atomic E-state index is 11.6. The molecule has 0 rings (SSSR count). The Bertz CT molecular complexity index is 456. The minimum absolute atomic E-state index is 0.124. The SMILES string of the molecule is CC(C)(C)CC(CC(=O)O)NC(=O)NCCCS(N)(=O)=O. The summed E-state index contributed by atoms with van der Waals surface area (Å²) in [6.45, 7) is 6.01. The molecule has 1 unspecified atom stereocenters. The number of carboxylic acid groups (broad SMARTS) is 1. The van der Waals surface area contributed by atoms with Crippen LogP contribution in [0.1, 0.15) is 40.0 Å². The zero-order chi connectivity index (χ0) is 16.7. The van der Waals surface area contributed by atoms with Gasteiger partial charge >= 0.3 is 12.0 Å². The molecule has 0 saturated carbocycles. The van der Waals surface area contributed by atoms with Gasteiger partial charge in [-0.3, -0.25) is 4.79 Å². The lowest BCUT2D eigenvalue weighted by Gasteiger charge is -2.25. The van der Waals surface area contributed by atoms with Crippen LogP contribution in [0, 0.1) is 5.41 Å². The number of carboxylic acids is 1. The Balaban J connectivity index is 4.24. The van der Waals surface area contributed by atoms with Gasteiger partial charge in [-0.05, 0) is 18.3 Å². The molecule has 0 fully saturated rings. The Morgan fingerprint density at radius 2 is 1.86 bits per heavy atom. The highest BCUT2D eigenvalue weighted by atomic mass is 32.2. The van der Waals surface area contributed by atoms with E-state index in [2.05, 4.69) is 10.6 Å². The van der Waals surface area contributed by atoms with Gasteiger partial charge in [0.15, 0.2) is 0 Å². The Hall–Kier alpha value is -1.35. The summed E-state index contributed by atoms with van der Waals surface area (Å²) in [5.41, 5.74) is -0.124. The third-order valence-electron chi connectivity index (χ3n) is 2.51. The molecule has 0 aliphatic heterocycles. The van der Waals surface area contributed by atoms with Crippen LogP contribution in [0.25, 0.3) is 0 Å². The molecule has 0 spiro atoms. The third-order valence-corrected chi connectivity index (χ3v) is 3.36. The second-order valence-electron chi connectivity index (χ2n) is 6.18. The van der Waals surface area contributed by atoms with Crippen molar-refractivity contribution in [2.24, 2.45) is 10.6 Å². The summed E-state index contributed by atoms with van der Waals surface area (Å²) in [7, 11) is -3.53. The Morgan fingerprint density at radius 3 is 2.29 bits per heavy atom. The average molecular weight is 323 g/mol. The van der Waals surface area contributed by atoms with Crippen LogP contribution >= 0.6 is 0 Å². The van der Waals surface area contributed by atoms with E-state index in [1.807, 2.05) is 20.8 Å². The molecule has 1 atom stereocenters. The number of urea groups is 1. The van der Waals surface area contributed by atoms with Crippen molar-refractivity contribution in [2.45, 2.75) is 46.1 Å². The van der Waals surface area contributed by atoms with E-state index < -0.39 is 28.1 Å². The van der Waals surface area contributed by atoms with Crippen LogP contribution in [-0.4, -0.2) is 43.9 Å². The largest absolute Gasteiger partial charge is 0.481 e. The van der Waals surface area contributed by atoms with Gasteiger partial charge in [-0.1, -0.05) is 20.8 Å². The van der Waals surface area contributed by atoms with Gasteiger partial charge in [0, 0.05) is 12.6 Å². The van der Waals surface area contributed by atoms with Gasteiger partial charge in [-0.15, -0.1) is 0 Å². The standard InChI is InChI=1S/C12H25N3O5S/c1-12(2,3)8-9(7-10(16)17)15-11(18)14-5-4-6-21(13,19)20/h9H,4-8H2,1-3H3,(H,16,17)(H2,13,19,20)(H2,14,15,18). The minimum atomic E-state index is -3.53. The summed E-state index contributed by atoms with van der Waals surface area (Å²) in [6.07, 6.45) is 0.556. The maximum absolute atomic E-state index is 11.6. The number of carbonyl (C=O) groups is 2. The number of hydrogen-bond acceptors (Lipinski definition) is 4. The van der Waals surface area contributed by atoms with Gasteiger partial charge in [-0.2, -0.15) is 0 Å². The van der Waals surface area contributed by atoms with Gasteiger partial charge in [0.25, 0.3) is 0 Å². The molecule has 9 heteroatoms. The summed E-state index contributed by atoms with van der Waals surface area (Å²) >= 11 is 0. The van der Waals surface area contributed by atoms with Gasteiger partial charge in [0.05, 0.1) is 12.2 Å². The average Bonchev–Trinajstić information content (AvgIpc) is 2.19. The molecule has 5 N–H and O–H groups in total. The van der Waals surface area contributed by atoms with Crippen LogP contribution in [0.5, 0.6) is 0 Å². The lowest BCUT2D eigenvalue weighted by Crippen LogP contribution is -2.45. The van der Waals surface area contributed by atoms with Crippen molar-refractivity contribution in [3.63, 3.8) is 0 Å². The van der Waals surface area contributed by atoms with E-state index in [0.29, 0.717) is 6.42 Å². The van der Waals surface area contributed by atoms with Crippen LogP contribution in [0.4, 0.5) is 4.79 Å². The van der Waals surface area contributed by atoms with Gasteiger partial charge in [-0.25, -0.2) is 18.4 Å². The number of hydrogen-bond donors (Lipinski definition) is 4. The molecule has 0 aliphatic carbocycles. The predicted octanol–water partition coefficient (Wildman–Crippen LogP) is 0.244. The van der Waals surface area contributed by atoms with Gasteiger partial charge in [0.2, 0.25) is 10.0 Å². The van der Waals surface area contributed by atoms with E-state index in [0.717, 1.165) is 0 Å². The molecule has 0 aliphatic rings. The summed E-state index contributed by atoms with van der Waals surface area (Å²) in [5, 5.41) is 18.8. The normalized spacial score (nSPS) is 13.5. The van der Waals surface area contributed by atoms with Crippen molar-refractivity contribution < 1.29 is 23.1 Å². The first-order chi connectivity index (χ1) is 9.39. The second-order valence-corrected chi connectivity index (χ2v) is 7.91. The van der Waals surface area contributed by atoms with Gasteiger partial charge in [0.1, 0.15) is 0 Å². The number of nitrogens with one attached hydrogen (secondary N) is 2. The predicted molar refractivity (Wildman–Crippen MR) is 79.2 cm³/mol. The highest BCUT2D eigenvalue weighted by Crippen LogP contribution is 2.22. The number of primary sulfonamides is 1. The Morgan fingerprint density at radius 1 is 1.29 bits per heavy atom. The van der Waals surface area contributed by atoms with Crippen LogP contribution < -0.4 is 15.8 Å². The molecule has 0 saturated heterocycles. The Labute approximate surface area is 125 Å². The molecule has 0 aromatic rings. The van der Waals surface area contributed by atoms with Crippen molar-refractivity contribution in [2.75, 3.05) is 12.3 Å². The first kappa shape index (κ1) is 19.7. The lowest BCUT2D eigenvalue weighted by atomic mass is 9.87. The molecule has 2 amide bonds. The van der Waals surface area contributed by atoms with Crippen molar-refractivity contribution >= 4 is 22.0 Å². The van der Waals surface area contributed by atoms with E-state index in [1.54, 1.807) is 0 Å². The number of rotatable bonds is 8. The van der Waals surface area contributed by atoms with Crippen LogP contribution in [-0.2, 0) is 14.8 Å².